The maximum Gasteiger partial charge on any atom is 0.305 e. The number of fused-ring (bicyclic) bond motifs is 2. The monoisotopic (exact) mass is 544 g/mol. The Morgan fingerprint density at radius 2 is 1.50 bits per heavy atom. The van der Waals surface area contributed by atoms with Gasteiger partial charge in [0.05, 0.1) is 23.2 Å². The number of nitrogens with one attached hydrogen (secondary N) is 1. The van der Waals surface area contributed by atoms with Crippen molar-refractivity contribution in [2.24, 2.45) is 0 Å². The Labute approximate surface area is 231 Å². The SMILES string of the molecule is CC.CCOC(=O)CCCCCCCCCCCNC1c2ccccc2N(C)S(=O)(=O)c2cc(C)ccc21. The molecule has 1 unspecified atom stereocenters. The summed E-state index contributed by atoms with van der Waals surface area (Å²) < 4.78 is 33.1. The number of benzene rings is 2. The fraction of sp³-hybridized carbons (Fsp3) is 0.581. The fourth-order valence-corrected chi connectivity index (χ4v) is 6.44. The number of para-hydroxylation sites is 1. The standard InChI is InChI=1S/C29H42N2O4S.C2H6/c1-4-35-28(32)18-12-10-8-6-5-7-9-11-15-21-30-29-24-16-13-14-17-26(24)31(3)36(33,34)27-22-23(2)19-20-25(27)29;1-2/h13-14,16-17,19-20,22,29-30H,4-12,15,18,21H2,1-3H3;1-2H3. The van der Waals surface area contributed by atoms with E-state index in [4.69, 9.17) is 4.74 Å². The normalized spacial score (nSPS) is 15.5. The lowest BCUT2D eigenvalue weighted by molar-refractivity contribution is -0.143. The lowest BCUT2D eigenvalue weighted by Gasteiger charge is -2.22. The number of anilines is 1. The third-order valence-electron chi connectivity index (χ3n) is 6.92. The summed E-state index contributed by atoms with van der Waals surface area (Å²) in [7, 11) is -1.97. The first-order chi connectivity index (χ1) is 18.4. The molecule has 0 aromatic heterocycles. The molecule has 7 heteroatoms. The summed E-state index contributed by atoms with van der Waals surface area (Å²) in [6, 6.07) is 13.4. The van der Waals surface area contributed by atoms with Crippen molar-refractivity contribution in [3.05, 3.63) is 59.2 Å². The second-order valence-corrected chi connectivity index (χ2v) is 11.6. The van der Waals surface area contributed by atoms with Gasteiger partial charge in [-0.05, 0) is 62.1 Å². The Kier molecular flexibility index (Phi) is 13.9. The second kappa shape index (κ2) is 16.6. The Morgan fingerprint density at radius 1 is 0.895 bits per heavy atom. The highest BCUT2D eigenvalue weighted by molar-refractivity contribution is 7.92. The van der Waals surface area contributed by atoms with Crippen LogP contribution in [0.15, 0.2) is 47.4 Å². The third kappa shape index (κ3) is 8.84. The average Bonchev–Trinajstić information content (AvgIpc) is 2.98. The number of carbonyl (C=O) groups excluding carboxylic acids is 1. The second-order valence-electron chi connectivity index (χ2n) is 9.70. The molecule has 212 valence electrons. The molecular formula is C31H48N2O4S. The third-order valence-corrected chi connectivity index (χ3v) is 8.74. The minimum atomic E-state index is -3.62. The topological polar surface area (TPSA) is 75.7 Å². The van der Waals surface area contributed by atoms with Crippen LogP contribution >= 0.6 is 0 Å². The number of unbranched alkanes of at least 4 members (excludes halogenated alkanes) is 8. The van der Waals surface area contributed by atoms with Gasteiger partial charge in [-0.25, -0.2) is 8.42 Å². The van der Waals surface area contributed by atoms with E-state index in [1.165, 1.54) is 36.4 Å². The zero-order chi connectivity index (χ0) is 28.0. The molecule has 6 nitrogen and oxygen atoms in total. The number of carbonyl (C=O) groups is 1. The highest BCUT2D eigenvalue weighted by atomic mass is 32.2. The largest absolute Gasteiger partial charge is 0.466 e. The Balaban J connectivity index is 0.00000247. The smallest absolute Gasteiger partial charge is 0.305 e. The molecule has 1 atom stereocenters. The van der Waals surface area contributed by atoms with Crippen molar-refractivity contribution in [2.75, 3.05) is 24.5 Å². The van der Waals surface area contributed by atoms with Gasteiger partial charge in [-0.15, -0.1) is 0 Å². The Bertz CT molecular complexity index is 1100. The van der Waals surface area contributed by atoms with Crippen molar-refractivity contribution < 1.29 is 17.9 Å². The van der Waals surface area contributed by atoms with Gasteiger partial charge in [0.1, 0.15) is 0 Å². The van der Waals surface area contributed by atoms with Crippen LogP contribution in [0.1, 0.15) is 108 Å². The quantitative estimate of drug-likeness (QED) is 0.199. The van der Waals surface area contributed by atoms with E-state index in [9.17, 15) is 13.2 Å². The first-order valence-electron chi connectivity index (χ1n) is 14.4. The molecule has 0 bridgehead atoms. The summed E-state index contributed by atoms with van der Waals surface area (Å²) in [4.78, 5) is 11.7. The molecule has 0 radical (unpaired) electrons. The van der Waals surface area contributed by atoms with Crippen LogP contribution in [0.25, 0.3) is 0 Å². The predicted molar refractivity (Wildman–Crippen MR) is 157 cm³/mol. The van der Waals surface area contributed by atoms with E-state index in [0.29, 0.717) is 17.9 Å². The highest BCUT2D eigenvalue weighted by Gasteiger charge is 2.34. The molecule has 0 spiro atoms. The maximum atomic E-state index is 13.4. The van der Waals surface area contributed by atoms with E-state index in [1.54, 1.807) is 13.1 Å². The van der Waals surface area contributed by atoms with Crippen LogP contribution < -0.4 is 9.62 Å². The first-order valence-corrected chi connectivity index (χ1v) is 15.9. The molecule has 2 aromatic rings. The van der Waals surface area contributed by atoms with E-state index < -0.39 is 10.0 Å². The minimum Gasteiger partial charge on any atom is -0.466 e. The van der Waals surface area contributed by atoms with Crippen LogP contribution in [0.3, 0.4) is 0 Å². The number of rotatable bonds is 14. The first kappa shape index (κ1) is 31.8. The van der Waals surface area contributed by atoms with Crippen molar-refractivity contribution in [2.45, 2.75) is 103 Å². The summed E-state index contributed by atoms with van der Waals surface area (Å²) in [6.45, 7) is 9.08. The molecular weight excluding hydrogens is 496 g/mol. The molecule has 1 aliphatic heterocycles. The zero-order valence-electron chi connectivity index (χ0n) is 24.1. The zero-order valence-corrected chi connectivity index (χ0v) is 24.9. The van der Waals surface area contributed by atoms with Gasteiger partial charge in [0.25, 0.3) is 10.0 Å². The van der Waals surface area contributed by atoms with E-state index in [0.717, 1.165) is 54.6 Å². The van der Waals surface area contributed by atoms with Crippen molar-refractivity contribution in [1.82, 2.24) is 5.32 Å². The Morgan fingerprint density at radius 3 is 2.16 bits per heavy atom. The van der Waals surface area contributed by atoms with Gasteiger partial charge in [0.15, 0.2) is 0 Å². The summed E-state index contributed by atoms with van der Waals surface area (Å²) in [5, 5.41) is 3.67. The number of hydrogen-bond acceptors (Lipinski definition) is 5. The number of nitrogens with zero attached hydrogens (tertiary/aromatic N) is 1. The number of hydrogen-bond donors (Lipinski definition) is 1. The summed E-state index contributed by atoms with van der Waals surface area (Å²) in [5.74, 6) is -0.0781. The fourth-order valence-electron chi connectivity index (χ4n) is 4.90. The summed E-state index contributed by atoms with van der Waals surface area (Å²) in [5.41, 5.74) is 3.48. The van der Waals surface area contributed by atoms with Crippen LogP contribution in [0.4, 0.5) is 5.69 Å². The van der Waals surface area contributed by atoms with Crippen LogP contribution in [0, 0.1) is 6.92 Å². The van der Waals surface area contributed by atoms with E-state index in [2.05, 4.69) is 5.32 Å². The molecule has 0 saturated heterocycles. The molecule has 0 saturated carbocycles. The van der Waals surface area contributed by atoms with E-state index in [-0.39, 0.29) is 12.0 Å². The van der Waals surface area contributed by atoms with Crippen LogP contribution in [0.2, 0.25) is 0 Å². The molecule has 2 aromatic carbocycles. The lowest BCUT2D eigenvalue weighted by atomic mass is 9.96. The van der Waals surface area contributed by atoms with Gasteiger partial charge >= 0.3 is 5.97 Å². The average molecular weight is 545 g/mol. The van der Waals surface area contributed by atoms with Crippen LogP contribution in [0.5, 0.6) is 0 Å². The van der Waals surface area contributed by atoms with Crippen LogP contribution in [-0.4, -0.2) is 34.6 Å². The molecule has 0 aliphatic carbocycles. The molecule has 0 amide bonds. The summed E-state index contributed by atoms with van der Waals surface area (Å²) in [6.07, 6.45) is 10.8. The van der Waals surface area contributed by atoms with Crippen molar-refractivity contribution in [3.8, 4) is 0 Å². The minimum absolute atomic E-state index is 0.0781. The highest BCUT2D eigenvalue weighted by Crippen LogP contribution is 2.40. The van der Waals surface area contributed by atoms with Gasteiger partial charge in [-0.1, -0.05) is 89.1 Å². The molecule has 38 heavy (non-hydrogen) atoms. The van der Waals surface area contributed by atoms with Crippen molar-refractivity contribution in [1.29, 1.82) is 0 Å². The number of esters is 1. The lowest BCUT2D eigenvalue weighted by Crippen LogP contribution is -2.26. The molecule has 1 heterocycles. The molecule has 1 N–H and O–H groups in total. The molecule has 3 rings (SSSR count). The summed E-state index contributed by atoms with van der Waals surface area (Å²) >= 11 is 0. The van der Waals surface area contributed by atoms with Gasteiger partial charge < -0.3 is 10.1 Å². The predicted octanol–water partition coefficient (Wildman–Crippen LogP) is 7.30. The number of sulfonamides is 1. The van der Waals surface area contributed by atoms with Crippen molar-refractivity contribution in [3.63, 3.8) is 0 Å². The van der Waals surface area contributed by atoms with Crippen molar-refractivity contribution >= 4 is 21.7 Å². The van der Waals surface area contributed by atoms with Crippen LogP contribution in [-0.2, 0) is 19.6 Å². The van der Waals surface area contributed by atoms with Gasteiger partial charge in [-0.3, -0.25) is 9.10 Å². The van der Waals surface area contributed by atoms with E-state index in [1.807, 2.05) is 64.1 Å². The van der Waals surface area contributed by atoms with Gasteiger partial charge in [0, 0.05) is 13.5 Å². The molecule has 0 fully saturated rings. The Hall–Kier alpha value is -2.38. The maximum absolute atomic E-state index is 13.4. The van der Waals surface area contributed by atoms with Gasteiger partial charge in [0.2, 0.25) is 0 Å². The molecule has 1 aliphatic rings. The van der Waals surface area contributed by atoms with E-state index >= 15 is 0 Å². The number of aryl methyl sites for hydroxylation is 1. The number of ether oxygens (including phenoxy) is 1. The van der Waals surface area contributed by atoms with Gasteiger partial charge in [-0.2, -0.15) is 0 Å².